The third kappa shape index (κ3) is 1.76. The highest BCUT2D eigenvalue weighted by Crippen LogP contribution is 2.25. The molecule has 1 heterocycles. The average Bonchev–Trinajstić information content (AvgIpc) is 2.03. The summed E-state index contributed by atoms with van der Waals surface area (Å²) in [6.07, 6.45) is 1.01. The number of nitriles is 1. The molecule has 0 radical (unpaired) electrons. The topological polar surface area (TPSA) is 36.7 Å². The van der Waals surface area contributed by atoms with E-state index in [0.29, 0.717) is 0 Å². The maximum absolute atomic E-state index is 12.6. The molecular weight excluding hydrogens is 162 g/mol. The van der Waals surface area contributed by atoms with E-state index in [9.17, 15) is 8.78 Å². The monoisotopic (exact) mass is 168 g/mol. The molecule has 1 aromatic heterocycles. The Bertz CT molecular complexity index is 305. The minimum absolute atomic E-state index is 0.142. The van der Waals surface area contributed by atoms with E-state index in [1.54, 1.807) is 6.07 Å². The maximum atomic E-state index is 12.6. The first-order valence-electron chi connectivity index (χ1n) is 3.28. The number of aromatic nitrogens is 1. The smallest absolute Gasteiger partial charge is 0.245 e. The minimum Gasteiger partial charge on any atom is -0.245 e. The van der Waals surface area contributed by atoms with Crippen LogP contribution in [-0.2, 0) is 5.92 Å². The molecule has 0 aromatic carbocycles. The zero-order valence-electron chi connectivity index (χ0n) is 6.38. The SMILES string of the molecule is CC(F)(F)c1ccc(C#N)nc1. The van der Waals surface area contributed by atoms with Crippen molar-refractivity contribution >= 4 is 0 Å². The number of hydrogen-bond donors (Lipinski definition) is 0. The van der Waals surface area contributed by atoms with Gasteiger partial charge < -0.3 is 0 Å². The summed E-state index contributed by atoms with van der Waals surface area (Å²) < 4.78 is 25.1. The lowest BCUT2D eigenvalue weighted by molar-refractivity contribution is 0.0171. The number of pyridine rings is 1. The first-order chi connectivity index (χ1) is 5.54. The molecule has 0 atom stereocenters. The highest BCUT2D eigenvalue weighted by Gasteiger charge is 2.24. The van der Waals surface area contributed by atoms with Crippen LogP contribution in [0.15, 0.2) is 18.3 Å². The average molecular weight is 168 g/mol. The summed E-state index contributed by atoms with van der Waals surface area (Å²) in [6, 6.07) is 4.22. The third-order valence-corrected chi connectivity index (χ3v) is 1.38. The van der Waals surface area contributed by atoms with Crippen LogP contribution in [0.2, 0.25) is 0 Å². The van der Waals surface area contributed by atoms with Crippen molar-refractivity contribution in [3.8, 4) is 6.07 Å². The highest BCUT2D eigenvalue weighted by atomic mass is 19.3. The Labute approximate surface area is 68.5 Å². The first kappa shape index (κ1) is 8.60. The van der Waals surface area contributed by atoms with E-state index in [2.05, 4.69) is 4.98 Å². The van der Waals surface area contributed by atoms with Gasteiger partial charge in [0.15, 0.2) is 0 Å². The Morgan fingerprint density at radius 3 is 2.50 bits per heavy atom. The van der Waals surface area contributed by atoms with Crippen LogP contribution in [0.1, 0.15) is 18.2 Å². The Hall–Kier alpha value is -1.50. The van der Waals surface area contributed by atoms with Crippen LogP contribution in [0.4, 0.5) is 8.78 Å². The molecule has 0 saturated heterocycles. The molecule has 0 N–H and O–H groups in total. The normalized spacial score (nSPS) is 10.8. The van der Waals surface area contributed by atoms with Gasteiger partial charge in [-0.2, -0.15) is 5.26 Å². The summed E-state index contributed by atoms with van der Waals surface area (Å²) in [6.45, 7) is 0.788. The number of alkyl halides is 2. The van der Waals surface area contributed by atoms with Gasteiger partial charge >= 0.3 is 0 Å². The molecule has 0 saturated carbocycles. The van der Waals surface area contributed by atoms with Crippen molar-refractivity contribution < 1.29 is 8.78 Å². The summed E-state index contributed by atoms with van der Waals surface area (Å²) in [4.78, 5) is 3.52. The molecule has 0 aliphatic rings. The van der Waals surface area contributed by atoms with Gasteiger partial charge in [0.1, 0.15) is 11.8 Å². The van der Waals surface area contributed by atoms with E-state index < -0.39 is 5.92 Å². The van der Waals surface area contributed by atoms with Crippen molar-refractivity contribution in [3.05, 3.63) is 29.6 Å². The Kier molecular flexibility index (Phi) is 2.05. The van der Waals surface area contributed by atoms with Crippen LogP contribution in [0.25, 0.3) is 0 Å². The second-order valence-electron chi connectivity index (χ2n) is 2.43. The Morgan fingerprint density at radius 2 is 2.17 bits per heavy atom. The highest BCUT2D eigenvalue weighted by molar-refractivity contribution is 5.24. The summed E-state index contributed by atoms with van der Waals surface area (Å²) in [7, 11) is 0. The predicted molar refractivity (Wildman–Crippen MR) is 38.5 cm³/mol. The van der Waals surface area contributed by atoms with Gasteiger partial charge in [0.2, 0.25) is 0 Å². The van der Waals surface area contributed by atoms with E-state index in [1.807, 2.05) is 0 Å². The van der Waals surface area contributed by atoms with Crippen molar-refractivity contribution in [2.24, 2.45) is 0 Å². The summed E-state index contributed by atoms with van der Waals surface area (Å²) in [5.74, 6) is -2.89. The molecule has 1 rings (SSSR count). The molecule has 2 nitrogen and oxygen atoms in total. The van der Waals surface area contributed by atoms with Gasteiger partial charge in [0.25, 0.3) is 5.92 Å². The van der Waals surface area contributed by atoms with Crippen molar-refractivity contribution in [3.63, 3.8) is 0 Å². The number of nitrogens with zero attached hydrogens (tertiary/aromatic N) is 2. The zero-order valence-corrected chi connectivity index (χ0v) is 6.38. The van der Waals surface area contributed by atoms with Crippen molar-refractivity contribution in [2.75, 3.05) is 0 Å². The maximum Gasteiger partial charge on any atom is 0.272 e. The lowest BCUT2D eigenvalue weighted by Crippen LogP contribution is -2.07. The van der Waals surface area contributed by atoms with Gasteiger partial charge in [0.05, 0.1) is 0 Å². The van der Waals surface area contributed by atoms with Gasteiger partial charge in [-0.1, -0.05) is 0 Å². The Morgan fingerprint density at radius 1 is 1.50 bits per heavy atom. The van der Waals surface area contributed by atoms with Gasteiger partial charge in [0, 0.05) is 18.7 Å². The van der Waals surface area contributed by atoms with Gasteiger partial charge in [-0.25, -0.2) is 13.8 Å². The van der Waals surface area contributed by atoms with Crippen LogP contribution in [-0.4, -0.2) is 4.98 Å². The molecule has 62 valence electrons. The van der Waals surface area contributed by atoms with Crippen LogP contribution < -0.4 is 0 Å². The van der Waals surface area contributed by atoms with Crippen molar-refractivity contribution in [1.29, 1.82) is 5.26 Å². The molecule has 0 spiro atoms. The van der Waals surface area contributed by atoms with Crippen LogP contribution >= 0.6 is 0 Å². The second-order valence-corrected chi connectivity index (χ2v) is 2.43. The fourth-order valence-electron chi connectivity index (χ4n) is 0.720. The third-order valence-electron chi connectivity index (χ3n) is 1.38. The minimum atomic E-state index is -2.89. The first-order valence-corrected chi connectivity index (χ1v) is 3.28. The molecule has 1 aromatic rings. The number of rotatable bonds is 1. The standard InChI is InChI=1S/C8H6F2N2/c1-8(9,10)6-2-3-7(4-11)12-5-6/h2-3,5H,1H3. The molecule has 12 heavy (non-hydrogen) atoms. The van der Waals surface area contributed by atoms with E-state index in [4.69, 9.17) is 5.26 Å². The molecule has 0 aliphatic heterocycles. The lowest BCUT2D eigenvalue weighted by Gasteiger charge is -2.08. The molecule has 0 unspecified atom stereocenters. The lowest BCUT2D eigenvalue weighted by atomic mass is 10.1. The molecule has 0 aliphatic carbocycles. The Balaban J connectivity index is 3.02. The van der Waals surface area contributed by atoms with Crippen LogP contribution in [0, 0.1) is 11.3 Å². The second kappa shape index (κ2) is 2.86. The van der Waals surface area contributed by atoms with Crippen LogP contribution in [0.3, 0.4) is 0 Å². The van der Waals surface area contributed by atoms with Gasteiger partial charge in [-0.15, -0.1) is 0 Å². The predicted octanol–water partition coefficient (Wildman–Crippen LogP) is 2.06. The number of halogens is 2. The molecule has 0 fully saturated rings. The zero-order chi connectivity index (χ0) is 9.19. The van der Waals surface area contributed by atoms with Crippen molar-refractivity contribution in [2.45, 2.75) is 12.8 Å². The fourth-order valence-corrected chi connectivity index (χ4v) is 0.720. The van der Waals surface area contributed by atoms with Crippen LogP contribution in [0.5, 0.6) is 0 Å². The molecule has 0 amide bonds. The van der Waals surface area contributed by atoms with Gasteiger partial charge in [-0.05, 0) is 12.1 Å². The number of hydrogen-bond acceptors (Lipinski definition) is 2. The summed E-state index contributed by atoms with van der Waals surface area (Å²) in [5, 5.41) is 8.33. The summed E-state index contributed by atoms with van der Waals surface area (Å²) >= 11 is 0. The van der Waals surface area contributed by atoms with Gasteiger partial charge in [-0.3, -0.25) is 0 Å². The molecule has 0 bridgehead atoms. The quantitative estimate of drug-likeness (QED) is 0.643. The molecular formula is C8H6F2N2. The van der Waals surface area contributed by atoms with E-state index in [1.165, 1.54) is 12.1 Å². The van der Waals surface area contributed by atoms with E-state index >= 15 is 0 Å². The van der Waals surface area contributed by atoms with Crippen molar-refractivity contribution in [1.82, 2.24) is 4.98 Å². The van der Waals surface area contributed by atoms with E-state index in [-0.39, 0.29) is 11.3 Å². The fraction of sp³-hybridized carbons (Fsp3) is 0.250. The largest absolute Gasteiger partial charge is 0.272 e. The van der Waals surface area contributed by atoms with E-state index in [0.717, 1.165) is 13.1 Å². The molecule has 4 heteroatoms. The summed E-state index contributed by atoms with van der Waals surface area (Å²) in [5.41, 5.74) is -0.0375.